The van der Waals surface area contributed by atoms with Gasteiger partial charge in [0.1, 0.15) is 0 Å². The Balaban J connectivity index is 2.45. The molecule has 0 aromatic heterocycles. The SMILES string of the molecule is CC1(C)OC(C)(C)C2(C)CC=CCC12. The largest absolute Gasteiger partial charge is 0.369 e. The van der Waals surface area contributed by atoms with Crippen molar-refractivity contribution in [3.05, 3.63) is 12.2 Å². The molecule has 0 aromatic rings. The molecule has 2 rings (SSSR count). The molecule has 80 valence electrons. The molecule has 0 amide bonds. The van der Waals surface area contributed by atoms with E-state index in [1.54, 1.807) is 0 Å². The Morgan fingerprint density at radius 2 is 1.71 bits per heavy atom. The van der Waals surface area contributed by atoms with E-state index in [0.717, 1.165) is 6.42 Å². The molecule has 0 radical (unpaired) electrons. The summed E-state index contributed by atoms with van der Waals surface area (Å²) in [5.74, 6) is 0.662. The van der Waals surface area contributed by atoms with Crippen LogP contribution in [0.3, 0.4) is 0 Å². The third-order valence-corrected chi connectivity index (χ3v) is 4.58. The minimum absolute atomic E-state index is 0.00588. The van der Waals surface area contributed by atoms with E-state index < -0.39 is 0 Å². The van der Waals surface area contributed by atoms with Gasteiger partial charge in [-0.05, 0) is 46.5 Å². The van der Waals surface area contributed by atoms with E-state index in [9.17, 15) is 0 Å². The highest BCUT2D eigenvalue weighted by atomic mass is 16.5. The van der Waals surface area contributed by atoms with Gasteiger partial charge in [0.15, 0.2) is 0 Å². The Morgan fingerprint density at radius 3 is 2.29 bits per heavy atom. The first-order chi connectivity index (χ1) is 6.30. The van der Waals surface area contributed by atoms with Crippen LogP contribution in [0, 0.1) is 11.3 Å². The lowest BCUT2D eigenvalue weighted by molar-refractivity contribution is -0.0913. The summed E-state index contributed by atoms with van der Waals surface area (Å²) in [6, 6.07) is 0. The fourth-order valence-electron chi connectivity index (χ4n) is 3.52. The summed E-state index contributed by atoms with van der Waals surface area (Å²) in [6.45, 7) is 11.4. The smallest absolute Gasteiger partial charge is 0.0694 e. The zero-order chi connectivity index (χ0) is 10.6. The summed E-state index contributed by atoms with van der Waals surface area (Å²) < 4.78 is 6.25. The topological polar surface area (TPSA) is 9.23 Å². The normalized spacial score (nSPS) is 43.6. The monoisotopic (exact) mass is 194 g/mol. The van der Waals surface area contributed by atoms with Gasteiger partial charge in [-0.1, -0.05) is 19.1 Å². The lowest BCUT2D eigenvalue weighted by atomic mass is 9.60. The molecule has 1 aliphatic heterocycles. The Hall–Kier alpha value is -0.300. The van der Waals surface area contributed by atoms with Gasteiger partial charge in [0.05, 0.1) is 11.2 Å². The number of hydrogen-bond acceptors (Lipinski definition) is 1. The molecule has 0 aromatic carbocycles. The van der Waals surface area contributed by atoms with Crippen molar-refractivity contribution in [1.29, 1.82) is 0 Å². The van der Waals surface area contributed by atoms with Gasteiger partial charge in [0.25, 0.3) is 0 Å². The Kier molecular flexibility index (Phi) is 1.92. The lowest BCUT2D eigenvalue weighted by Gasteiger charge is -2.42. The van der Waals surface area contributed by atoms with Gasteiger partial charge >= 0.3 is 0 Å². The Bertz CT molecular complexity index is 275. The van der Waals surface area contributed by atoms with E-state index in [1.165, 1.54) is 6.42 Å². The van der Waals surface area contributed by atoms with E-state index in [1.807, 2.05) is 0 Å². The predicted molar refractivity (Wildman–Crippen MR) is 59.2 cm³/mol. The van der Waals surface area contributed by atoms with Crippen LogP contribution >= 0.6 is 0 Å². The second kappa shape index (κ2) is 2.63. The zero-order valence-electron chi connectivity index (χ0n) is 10.1. The molecule has 1 saturated heterocycles. The molecule has 1 aliphatic carbocycles. The number of allylic oxidation sites excluding steroid dienone is 2. The number of fused-ring (bicyclic) bond motifs is 1. The van der Waals surface area contributed by atoms with Gasteiger partial charge in [-0.3, -0.25) is 0 Å². The lowest BCUT2D eigenvalue weighted by Crippen LogP contribution is -2.42. The molecule has 0 saturated carbocycles. The second-order valence-corrected chi connectivity index (χ2v) is 6.10. The molecule has 2 atom stereocenters. The van der Waals surface area contributed by atoms with Crippen LogP contribution < -0.4 is 0 Å². The van der Waals surface area contributed by atoms with Crippen LogP contribution in [0.25, 0.3) is 0 Å². The van der Waals surface area contributed by atoms with Gasteiger partial charge in [-0.15, -0.1) is 0 Å². The first-order valence-corrected chi connectivity index (χ1v) is 5.65. The molecule has 0 bridgehead atoms. The molecule has 1 heterocycles. The summed E-state index contributed by atoms with van der Waals surface area (Å²) in [7, 11) is 0. The van der Waals surface area contributed by atoms with Crippen LogP contribution in [0.2, 0.25) is 0 Å². The van der Waals surface area contributed by atoms with Gasteiger partial charge in [-0.2, -0.15) is 0 Å². The summed E-state index contributed by atoms with van der Waals surface area (Å²) in [5.41, 5.74) is 0.347. The quantitative estimate of drug-likeness (QED) is 0.536. The van der Waals surface area contributed by atoms with Gasteiger partial charge in [-0.25, -0.2) is 0 Å². The van der Waals surface area contributed by atoms with E-state index >= 15 is 0 Å². The van der Waals surface area contributed by atoms with Crippen molar-refractivity contribution in [2.75, 3.05) is 0 Å². The summed E-state index contributed by atoms with van der Waals surface area (Å²) >= 11 is 0. The average molecular weight is 194 g/mol. The predicted octanol–water partition coefficient (Wildman–Crippen LogP) is 3.55. The highest BCUT2D eigenvalue weighted by molar-refractivity contribution is 5.15. The third kappa shape index (κ3) is 1.11. The maximum Gasteiger partial charge on any atom is 0.0694 e. The van der Waals surface area contributed by atoms with Crippen molar-refractivity contribution in [2.24, 2.45) is 11.3 Å². The number of ether oxygens (including phenoxy) is 1. The summed E-state index contributed by atoms with van der Waals surface area (Å²) in [5, 5.41) is 0. The van der Waals surface area contributed by atoms with Crippen molar-refractivity contribution < 1.29 is 4.74 Å². The molecule has 14 heavy (non-hydrogen) atoms. The fraction of sp³-hybridized carbons (Fsp3) is 0.846. The molecular formula is C13H22O. The number of hydrogen-bond donors (Lipinski definition) is 0. The number of rotatable bonds is 0. The second-order valence-electron chi connectivity index (χ2n) is 6.10. The minimum atomic E-state index is 0.00588. The first-order valence-electron chi connectivity index (χ1n) is 5.65. The van der Waals surface area contributed by atoms with Gasteiger partial charge in [0.2, 0.25) is 0 Å². The van der Waals surface area contributed by atoms with Crippen LogP contribution in [-0.4, -0.2) is 11.2 Å². The Morgan fingerprint density at radius 1 is 1.07 bits per heavy atom. The summed E-state index contributed by atoms with van der Waals surface area (Å²) in [6.07, 6.45) is 6.98. The van der Waals surface area contributed by atoms with Gasteiger partial charge in [0, 0.05) is 5.41 Å². The van der Waals surface area contributed by atoms with Crippen molar-refractivity contribution >= 4 is 0 Å². The van der Waals surface area contributed by atoms with Gasteiger partial charge < -0.3 is 4.74 Å². The molecule has 1 fully saturated rings. The molecule has 1 heteroatoms. The molecule has 0 spiro atoms. The maximum absolute atomic E-state index is 6.25. The summed E-state index contributed by atoms with van der Waals surface area (Å²) in [4.78, 5) is 0. The van der Waals surface area contributed by atoms with Crippen LogP contribution in [-0.2, 0) is 4.74 Å². The van der Waals surface area contributed by atoms with E-state index in [-0.39, 0.29) is 11.2 Å². The fourth-order valence-corrected chi connectivity index (χ4v) is 3.52. The van der Waals surface area contributed by atoms with E-state index in [4.69, 9.17) is 4.74 Å². The maximum atomic E-state index is 6.25. The van der Waals surface area contributed by atoms with Crippen molar-refractivity contribution in [3.8, 4) is 0 Å². The van der Waals surface area contributed by atoms with Crippen LogP contribution in [0.15, 0.2) is 12.2 Å². The standard InChI is InChI=1S/C13H22O/c1-11(2)10-8-6-7-9-13(10,5)12(3,4)14-11/h6-7,10H,8-9H2,1-5H3. The van der Waals surface area contributed by atoms with Crippen molar-refractivity contribution in [3.63, 3.8) is 0 Å². The van der Waals surface area contributed by atoms with Crippen molar-refractivity contribution in [1.82, 2.24) is 0 Å². The minimum Gasteiger partial charge on any atom is -0.369 e. The van der Waals surface area contributed by atoms with E-state index in [2.05, 4.69) is 46.8 Å². The third-order valence-electron chi connectivity index (χ3n) is 4.58. The average Bonchev–Trinajstić information content (AvgIpc) is 2.15. The molecule has 2 aliphatic rings. The molecule has 0 N–H and O–H groups in total. The van der Waals surface area contributed by atoms with Crippen LogP contribution in [0.5, 0.6) is 0 Å². The Labute approximate surface area is 87.5 Å². The zero-order valence-corrected chi connectivity index (χ0v) is 10.1. The molecular weight excluding hydrogens is 172 g/mol. The van der Waals surface area contributed by atoms with Crippen LogP contribution in [0.1, 0.15) is 47.5 Å². The first kappa shape index (κ1) is 10.2. The van der Waals surface area contributed by atoms with Crippen LogP contribution in [0.4, 0.5) is 0 Å². The highest BCUT2D eigenvalue weighted by Crippen LogP contribution is 2.59. The van der Waals surface area contributed by atoms with E-state index in [0.29, 0.717) is 11.3 Å². The molecule has 1 nitrogen and oxygen atoms in total. The van der Waals surface area contributed by atoms with Crippen molar-refractivity contribution in [2.45, 2.75) is 58.7 Å². The molecule has 2 unspecified atom stereocenters. The highest BCUT2D eigenvalue weighted by Gasteiger charge is 2.60.